The van der Waals surface area contributed by atoms with Crippen molar-refractivity contribution in [1.29, 1.82) is 0 Å². The number of fused-ring (bicyclic) bond motifs is 1. The highest BCUT2D eigenvalue weighted by Crippen LogP contribution is 2.59. The second-order valence-corrected chi connectivity index (χ2v) is 7.15. The lowest BCUT2D eigenvalue weighted by Gasteiger charge is -2.41. The van der Waals surface area contributed by atoms with Gasteiger partial charge in [0, 0.05) is 11.8 Å². The molecule has 1 aromatic heterocycles. The van der Waals surface area contributed by atoms with E-state index in [9.17, 15) is 0 Å². The Kier molecular flexibility index (Phi) is 3.20. The molecule has 0 fully saturated rings. The quantitative estimate of drug-likeness (QED) is 0.701. The maximum Gasteiger partial charge on any atom is 0.0705 e. The predicted octanol–water partition coefficient (Wildman–Crippen LogP) is 5.56. The van der Waals surface area contributed by atoms with E-state index >= 15 is 0 Å². The van der Waals surface area contributed by atoms with Crippen LogP contribution in [-0.2, 0) is 5.41 Å². The molecule has 1 nitrogen and oxygen atoms in total. The van der Waals surface area contributed by atoms with Gasteiger partial charge in [-0.1, -0.05) is 65.0 Å². The molecule has 0 aliphatic heterocycles. The van der Waals surface area contributed by atoms with Crippen molar-refractivity contribution in [3.8, 4) is 11.3 Å². The number of pyridine rings is 1. The fourth-order valence-electron chi connectivity index (χ4n) is 3.92. The van der Waals surface area contributed by atoms with E-state index in [4.69, 9.17) is 4.98 Å². The van der Waals surface area contributed by atoms with E-state index in [1.165, 1.54) is 16.7 Å². The lowest BCUT2D eigenvalue weighted by molar-refractivity contribution is 0.166. The molecule has 0 bridgehead atoms. The van der Waals surface area contributed by atoms with Gasteiger partial charge in [-0.25, -0.2) is 0 Å². The average Bonchev–Trinajstić information content (AvgIpc) is 2.67. The van der Waals surface area contributed by atoms with E-state index < -0.39 is 0 Å². The lowest BCUT2D eigenvalue weighted by atomic mass is 9.63. The molecule has 0 saturated carbocycles. The molecule has 0 amide bonds. The van der Waals surface area contributed by atoms with Crippen LogP contribution >= 0.6 is 0 Å². The van der Waals surface area contributed by atoms with Gasteiger partial charge in [-0.2, -0.15) is 0 Å². The summed E-state index contributed by atoms with van der Waals surface area (Å²) < 4.78 is 0. The molecule has 0 N–H and O–H groups in total. The first kappa shape index (κ1) is 14.3. The largest absolute Gasteiger partial charge is 0.256 e. The van der Waals surface area contributed by atoms with Crippen LogP contribution in [0.4, 0.5) is 0 Å². The van der Waals surface area contributed by atoms with E-state index in [0.29, 0.717) is 5.92 Å². The molecule has 21 heavy (non-hydrogen) atoms. The molecule has 0 spiro atoms. The number of nitrogens with zero attached hydrogens (tertiary/aromatic N) is 1. The van der Waals surface area contributed by atoms with Crippen molar-refractivity contribution in [3.63, 3.8) is 0 Å². The molecule has 2 unspecified atom stereocenters. The summed E-state index contributed by atoms with van der Waals surface area (Å²) in [5.74, 6) is 0.558. The third-order valence-electron chi connectivity index (χ3n) is 6.28. The van der Waals surface area contributed by atoms with Crippen molar-refractivity contribution in [2.75, 3.05) is 0 Å². The monoisotopic (exact) mass is 279 g/mol. The Morgan fingerprint density at radius 1 is 1.10 bits per heavy atom. The summed E-state index contributed by atoms with van der Waals surface area (Å²) in [6.45, 7) is 11.9. The Morgan fingerprint density at radius 3 is 2.38 bits per heavy atom. The lowest BCUT2D eigenvalue weighted by Crippen LogP contribution is -2.36. The molecular weight excluding hydrogens is 254 g/mol. The molecule has 1 aliphatic rings. The molecule has 1 heteroatoms. The highest BCUT2D eigenvalue weighted by atomic mass is 14.7. The van der Waals surface area contributed by atoms with Gasteiger partial charge in [0.15, 0.2) is 0 Å². The van der Waals surface area contributed by atoms with E-state index in [1.807, 2.05) is 0 Å². The SMILES string of the molecule is CCC1(C)c2cnc(-c3ccccc3)cc2C(C)C1(C)C. The van der Waals surface area contributed by atoms with Crippen LogP contribution in [-0.4, -0.2) is 4.98 Å². The van der Waals surface area contributed by atoms with Gasteiger partial charge in [0.1, 0.15) is 0 Å². The Morgan fingerprint density at radius 2 is 1.76 bits per heavy atom. The van der Waals surface area contributed by atoms with Crippen LogP contribution in [0, 0.1) is 5.41 Å². The summed E-state index contributed by atoms with van der Waals surface area (Å²) >= 11 is 0. The van der Waals surface area contributed by atoms with Gasteiger partial charge in [-0.3, -0.25) is 4.98 Å². The number of hydrogen-bond donors (Lipinski definition) is 0. The van der Waals surface area contributed by atoms with E-state index in [2.05, 4.69) is 77.2 Å². The highest BCUT2D eigenvalue weighted by molar-refractivity contribution is 5.62. The van der Waals surface area contributed by atoms with Gasteiger partial charge in [-0.15, -0.1) is 0 Å². The van der Waals surface area contributed by atoms with Crippen molar-refractivity contribution in [1.82, 2.24) is 4.98 Å². The van der Waals surface area contributed by atoms with Gasteiger partial charge in [0.05, 0.1) is 5.69 Å². The molecule has 3 rings (SSSR count). The number of aromatic nitrogens is 1. The van der Waals surface area contributed by atoms with Gasteiger partial charge >= 0.3 is 0 Å². The molecule has 1 aliphatic carbocycles. The predicted molar refractivity (Wildman–Crippen MR) is 89.5 cm³/mol. The second-order valence-electron chi connectivity index (χ2n) is 7.15. The minimum atomic E-state index is 0.212. The van der Waals surface area contributed by atoms with Crippen LogP contribution in [0.15, 0.2) is 42.6 Å². The minimum Gasteiger partial charge on any atom is -0.256 e. The van der Waals surface area contributed by atoms with Gasteiger partial charge in [0.2, 0.25) is 0 Å². The van der Waals surface area contributed by atoms with Crippen LogP contribution in [0.25, 0.3) is 11.3 Å². The Bertz CT molecular complexity index is 657. The van der Waals surface area contributed by atoms with Crippen molar-refractivity contribution < 1.29 is 0 Å². The molecule has 0 saturated heterocycles. The first-order valence-electron chi connectivity index (χ1n) is 7.97. The first-order chi connectivity index (χ1) is 9.91. The van der Waals surface area contributed by atoms with Crippen molar-refractivity contribution >= 4 is 0 Å². The Labute approximate surface area is 128 Å². The molecular formula is C20H25N. The zero-order chi connectivity index (χ0) is 15.3. The summed E-state index contributed by atoms with van der Waals surface area (Å²) in [6.07, 6.45) is 3.29. The Balaban J connectivity index is 2.16. The molecule has 110 valence electrons. The van der Waals surface area contributed by atoms with Crippen LogP contribution < -0.4 is 0 Å². The average molecular weight is 279 g/mol. The van der Waals surface area contributed by atoms with E-state index in [1.54, 1.807) is 0 Å². The maximum absolute atomic E-state index is 4.76. The van der Waals surface area contributed by atoms with Crippen LogP contribution in [0.1, 0.15) is 58.1 Å². The molecule has 0 radical (unpaired) electrons. The maximum atomic E-state index is 4.76. The topological polar surface area (TPSA) is 12.9 Å². The number of hydrogen-bond acceptors (Lipinski definition) is 1. The van der Waals surface area contributed by atoms with E-state index in [-0.39, 0.29) is 10.8 Å². The van der Waals surface area contributed by atoms with Crippen LogP contribution in [0.5, 0.6) is 0 Å². The van der Waals surface area contributed by atoms with Gasteiger partial charge < -0.3 is 0 Å². The summed E-state index contributed by atoms with van der Waals surface area (Å²) in [4.78, 5) is 4.76. The molecule has 1 heterocycles. The van der Waals surface area contributed by atoms with Gasteiger partial charge in [-0.05, 0) is 40.4 Å². The van der Waals surface area contributed by atoms with Crippen molar-refractivity contribution in [2.24, 2.45) is 5.41 Å². The fourth-order valence-corrected chi connectivity index (χ4v) is 3.92. The molecule has 1 aromatic carbocycles. The standard InChI is InChI=1S/C20H25N/c1-6-20(5)17-13-21-18(15-10-8-7-9-11-15)12-16(17)14(2)19(20,3)4/h7-14H,6H2,1-5H3. The number of rotatable bonds is 2. The minimum absolute atomic E-state index is 0.212. The van der Waals surface area contributed by atoms with Crippen molar-refractivity contribution in [2.45, 2.75) is 52.4 Å². The summed E-state index contributed by atoms with van der Waals surface area (Å²) in [5.41, 5.74) is 5.71. The summed E-state index contributed by atoms with van der Waals surface area (Å²) in [7, 11) is 0. The summed E-state index contributed by atoms with van der Waals surface area (Å²) in [5, 5.41) is 0. The van der Waals surface area contributed by atoms with Crippen LogP contribution in [0.2, 0.25) is 0 Å². The van der Waals surface area contributed by atoms with Gasteiger partial charge in [0.25, 0.3) is 0 Å². The first-order valence-corrected chi connectivity index (χ1v) is 7.97. The fraction of sp³-hybridized carbons (Fsp3) is 0.450. The van der Waals surface area contributed by atoms with Crippen LogP contribution in [0.3, 0.4) is 0 Å². The van der Waals surface area contributed by atoms with Crippen molar-refractivity contribution in [3.05, 3.63) is 53.7 Å². The third kappa shape index (κ3) is 1.87. The zero-order valence-corrected chi connectivity index (χ0v) is 13.8. The highest BCUT2D eigenvalue weighted by Gasteiger charge is 2.52. The Hall–Kier alpha value is -1.63. The molecule has 2 aromatic rings. The normalized spacial score (nSPS) is 26.6. The second kappa shape index (κ2) is 4.69. The summed E-state index contributed by atoms with van der Waals surface area (Å²) in [6, 6.07) is 12.8. The zero-order valence-electron chi connectivity index (χ0n) is 13.8. The number of benzene rings is 1. The molecule has 2 atom stereocenters. The third-order valence-corrected chi connectivity index (χ3v) is 6.28. The van der Waals surface area contributed by atoms with E-state index in [0.717, 1.165) is 12.1 Å². The smallest absolute Gasteiger partial charge is 0.0705 e.